The molecule has 45 heavy (non-hydrogen) atoms. The number of hydrogen-bond acceptors (Lipinski definition) is 8. The Labute approximate surface area is 263 Å². The molecule has 0 unspecified atom stereocenters. The van der Waals surface area contributed by atoms with Crippen molar-refractivity contribution in [3.05, 3.63) is 71.8 Å². The number of nitrogens with zero attached hydrogens (tertiary/aromatic N) is 6. The Balaban J connectivity index is 1.17. The number of benzene rings is 2. The number of ketones is 1. The molecule has 2 aromatic carbocycles. The third kappa shape index (κ3) is 5.32. The number of aryl methyl sites for hydroxylation is 2. The number of piperazine rings is 1. The zero-order valence-electron chi connectivity index (χ0n) is 26.5. The van der Waals surface area contributed by atoms with E-state index in [1.54, 1.807) is 14.2 Å². The summed E-state index contributed by atoms with van der Waals surface area (Å²) in [6.45, 7) is 7.61. The molecule has 0 aliphatic carbocycles. The molecule has 0 spiro atoms. The van der Waals surface area contributed by atoms with Gasteiger partial charge in [0.1, 0.15) is 17.2 Å². The molecule has 2 aliphatic rings. The summed E-state index contributed by atoms with van der Waals surface area (Å²) in [5, 5.41) is 0.921. The predicted octanol–water partition coefficient (Wildman–Crippen LogP) is 4.94. The van der Waals surface area contributed by atoms with Crippen LogP contribution in [0.3, 0.4) is 0 Å². The van der Waals surface area contributed by atoms with Crippen LogP contribution in [0, 0.1) is 6.92 Å². The number of carbonyl (C=O) groups excluding carboxylic acids is 1. The van der Waals surface area contributed by atoms with Gasteiger partial charge < -0.3 is 23.7 Å². The summed E-state index contributed by atoms with van der Waals surface area (Å²) in [6.07, 6.45) is 6.28. The highest BCUT2D eigenvalue weighted by Crippen LogP contribution is 2.35. The number of rotatable bonds is 8. The number of ether oxygens (including phenoxy) is 3. The van der Waals surface area contributed by atoms with Gasteiger partial charge in [-0.25, -0.2) is 4.98 Å². The van der Waals surface area contributed by atoms with Crippen LogP contribution in [-0.2, 0) is 18.2 Å². The Bertz CT molecular complexity index is 1860. The molecule has 3 aromatic heterocycles. The van der Waals surface area contributed by atoms with Gasteiger partial charge in [-0.3, -0.25) is 19.1 Å². The fraction of sp³-hybridized carbons (Fsp3) is 0.400. The highest BCUT2D eigenvalue weighted by Gasteiger charge is 2.28. The zero-order chi connectivity index (χ0) is 31.1. The summed E-state index contributed by atoms with van der Waals surface area (Å²) >= 11 is 0. The number of carbonyl (C=O) groups is 1. The van der Waals surface area contributed by atoms with Crippen LogP contribution in [0.5, 0.6) is 11.5 Å². The molecule has 0 atom stereocenters. The molecule has 0 N–H and O–H groups in total. The molecular formula is C35H40N6O4. The smallest absolute Gasteiger partial charge is 0.210 e. The number of imidazole rings is 1. The first-order valence-corrected chi connectivity index (χ1v) is 15.7. The van der Waals surface area contributed by atoms with Crippen molar-refractivity contribution >= 4 is 28.2 Å². The van der Waals surface area contributed by atoms with E-state index in [2.05, 4.69) is 19.2 Å². The molecule has 0 radical (unpaired) electrons. The monoisotopic (exact) mass is 608 g/mol. The summed E-state index contributed by atoms with van der Waals surface area (Å²) in [7, 11) is 5.21. The van der Waals surface area contributed by atoms with Gasteiger partial charge in [0.2, 0.25) is 5.95 Å². The standard InChI is InChI=1S/C35H40N6O4/c1-23-34-33(37-35(41(34)13-12-36-23)40-16-14-39(15-17-40)26-10-18-45-19-11-26)25-9-8-24(32(21-25)44-4)20-30(42)29-22-27-28(38(29)2)6-5-7-31(27)43-3/h5-9,12-13,21-22,26H,10-11,14-20H2,1-4H3. The molecule has 5 aromatic rings. The molecule has 0 amide bonds. The van der Waals surface area contributed by atoms with Crippen LogP contribution in [0.15, 0.2) is 54.9 Å². The second kappa shape index (κ2) is 12.2. The Hall–Kier alpha value is -4.41. The minimum absolute atomic E-state index is 0.0106. The minimum atomic E-state index is 0.0106. The maximum atomic E-state index is 13.6. The number of anilines is 1. The predicted molar refractivity (Wildman–Crippen MR) is 175 cm³/mol. The van der Waals surface area contributed by atoms with E-state index in [0.717, 1.165) is 103 Å². The summed E-state index contributed by atoms with van der Waals surface area (Å²) < 4.78 is 21.1. The van der Waals surface area contributed by atoms with Gasteiger partial charge in [-0.15, -0.1) is 0 Å². The van der Waals surface area contributed by atoms with Gasteiger partial charge in [0, 0.05) is 87.8 Å². The topological polar surface area (TPSA) is 86.4 Å². The highest BCUT2D eigenvalue weighted by atomic mass is 16.5. The van der Waals surface area contributed by atoms with Gasteiger partial charge in [-0.2, -0.15) is 0 Å². The number of Topliss-reactive ketones (excluding diaryl/α,β-unsaturated/α-hetero) is 1. The summed E-state index contributed by atoms with van der Waals surface area (Å²) in [5.74, 6) is 2.35. The molecule has 5 heterocycles. The van der Waals surface area contributed by atoms with Crippen molar-refractivity contribution < 1.29 is 19.0 Å². The SMILES string of the molecule is COc1cc(-c2nc(N3CCN(C4CCOCC4)CC3)n3ccnc(C)c23)ccc1CC(=O)c1cc2c(OC)cccc2n1C. The lowest BCUT2D eigenvalue weighted by Gasteiger charge is -2.40. The van der Waals surface area contributed by atoms with Gasteiger partial charge in [-0.05, 0) is 44.0 Å². The number of aromatic nitrogens is 4. The third-order valence-corrected chi connectivity index (χ3v) is 9.49. The number of fused-ring (bicyclic) bond motifs is 2. The quantitative estimate of drug-likeness (QED) is 0.229. The van der Waals surface area contributed by atoms with E-state index in [1.165, 1.54) is 0 Å². The molecule has 2 fully saturated rings. The second-order valence-corrected chi connectivity index (χ2v) is 12.0. The number of hydrogen-bond donors (Lipinski definition) is 0. The van der Waals surface area contributed by atoms with Crippen molar-refractivity contribution in [3.8, 4) is 22.8 Å². The van der Waals surface area contributed by atoms with E-state index >= 15 is 0 Å². The fourth-order valence-corrected chi connectivity index (χ4v) is 7.02. The maximum Gasteiger partial charge on any atom is 0.210 e. The average Bonchev–Trinajstić information content (AvgIpc) is 3.64. The van der Waals surface area contributed by atoms with Crippen LogP contribution in [0.4, 0.5) is 5.95 Å². The van der Waals surface area contributed by atoms with Gasteiger partial charge in [-0.1, -0.05) is 18.2 Å². The van der Waals surface area contributed by atoms with Crippen LogP contribution in [0.2, 0.25) is 0 Å². The van der Waals surface area contributed by atoms with Crippen molar-refractivity contribution in [2.75, 3.05) is 58.5 Å². The van der Waals surface area contributed by atoms with Crippen LogP contribution < -0.4 is 14.4 Å². The lowest BCUT2D eigenvalue weighted by atomic mass is 10.0. The molecule has 234 valence electrons. The van der Waals surface area contributed by atoms with E-state index in [1.807, 2.05) is 73.4 Å². The largest absolute Gasteiger partial charge is 0.496 e. The van der Waals surface area contributed by atoms with Crippen molar-refractivity contribution in [1.29, 1.82) is 0 Å². The van der Waals surface area contributed by atoms with Crippen molar-refractivity contribution in [2.24, 2.45) is 7.05 Å². The van der Waals surface area contributed by atoms with E-state index < -0.39 is 0 Å². The van der Waals surface area contributed by atoms with E-state index in [-0.39, 0.29) is 12.2 Å². The summed E-state index contributed by atoms with van der Waals surface area (Å²) in [4.78, 5) is 28.4. The van der Waals surface area contributed by atoms with Crippen LogP contribution in [0.1, 0.15) is 34.6 Å². The molecule has 0 saturated carbocycles. The van der Waals surface area contributed by atoms with Crippen molar-refractivity contribution in [2.45, 2.75) is 32.2 Å². The fourth-order valence-electron chi connectivity index (χ4n) is 7.02. The lowest BCUT2D eigenvalue weighted by Crippen LogP contribution is -2.52. The van der Waals surface area contributed by atoms with E-state index in [0.29, 0.717) is 17.5 Å². The first kappa shape index (κ1) is 29.3. The summed E-state index contributed by atoms with van der Waals surface area (Å²) in [6, 6.07) is 14.4. The molecular weight excluding hydrogens is 568 g/mol. The molecule has 10 heteroatoms. The molecule has 0 bridgehead atoms. The van der Waals surface area contributed by atoms with Gasteiger partial charge in [0.05, 0.1) is 36.6 Å². The van der Waals surface area contributed by atoms with Crippen molar-refractivity contribution in [1.82, 2.24) is 23.8 Å². The Morgan fingerprint density at radius 2 is 1.78 bits per heavy atom. The van der Waals surface area contributed by atoms with E-state index in [4.69, 9.17) is 19.2 Å². The second-order valence-electron chi connectivity index (χ2n) is 12.0. The molecule has 2 saturated heterocycles. The molecule has 10 nitrogen and oxygen atoms in total. The van der Waals surface area contributed by atoms with Gasteiger partial charge >= 0.3 is 0 Å². The minimum Gasteiger partial charge on any atom is -0.496 e. The van der Waals surface area contributed by atoms with Crippen LogP contribution in [-0.4, -0.2) is 89.3 Å². The number of methoxy groups -OCH3 is 2. The molecule has 7 rings (SSSR count). The summed E-state index contributed by atoms with van der Waals surface area (Å²) in [5.41, 5.74) is 6.09. The van der Waals surface area contributed by atoms with Gasteiger partial charge in [0.15, 0.2) is 5.78 Å². The molecule has 2 aliphatic heterocycles. The first-order chi connectivity index (χ1) is 22.0. The Morgan fingerprint density at radius 1 is 1.00 bits per heavy atom. The van der Waals surface area contributed by atoms with Crippen LogP contribution >= 0.6 is 0 Å². The Morgan fingerprint density at radius 3 is 2.53 bits per heavy atom. The van der Waals surface area contributed by atoms with Crippen LogP contribution in [0.25, 0.3) is 27.7 Å². The highest BCUT2D eigenvalue weighted by molar-refractivity contribution is 6.02. The zero-order valence-corrected chi connectivity index (χ0v) is 26.5. The lowest BCUT2D eigenvalue weighted by molar-refractivity contribution is 0.0320. The maximum absolute atomic E-state index is 13.6. The van der Waals surface area contributed by atoms with E-state index in [9.17, 15) is 4.79 Å². The third-order valence-electron chi connectivity index (χ3n) is 9.49. The Kier molecular flexibility index (Phi) is 7.93. The van der Waals surface area contributed by atoms with Crippen molar-refractivity contribution in [3.63, 3.8) is 0 Å². The van der Waals surface area contributed by atoms with Gasteiger partial charge in [0.25, 0.3) is 0 Å². The normalized spacial score (nSPS) is 16.5. The first-order valence-electron chi connectivity index (χ1n) is 15.7. The average molecular weight is 609 g/mol.